The van der Waals surface area contributed by atoms with Crippen molar-refractivity contribution in [3.8, 4) is 0 Å². The molecule has 1 rings (SSSR count). The highest BCUT2D eigenvalue weighted by molar-refractivity contribution is 7.90. The fraction of sp³-hybridized carbons (Fsp3) is 0.455. The topological polar surface area (TPSA) is 118 Å². The summed E-state index contributed by atoms with van der Waals surface area (Å²) in [4.78, 5) is 0.0545. The summed E-state index contributed by atoms with van der Waals surface area (Å²) in [7, 11) is -5.34. The molecule has 0 amide bonds. The Morgan fingerprint density at radius 3 is 2.30 bits per heavy atom. The number of hydrogen-bond acceptors (Lipinski definition) is 6. The van der Waals surface area contributed by atoms with Crippen molar-refractivity contribution < 1.29 is 16.8 Å². The van der Waals surface area contributed by atoms with Crippen LogP contribution in [0.15, 0.2) is 23.1 Å². The van der Waals surface area contributed by atoms with Gasteiger partial charge in [0.15, 0.2) is 0 Å². The molecule has 0 radical (unpaired) electrons. The lowest BCUT2D eigenvalue weighted by Gasteiger charge is -2.16. The van der Waals surface area contributed by atoms with Crippen molar-refractivity contribution in [3.05, 3.63) is 18.2 Å². The third kappa shape index (κ3) is 4.66. The van der Waals surface area contributed by atoms with E-state index in [1.54, 1.807) is 6.92 Å². The number of sulfone groups is 1. The summed E-state index contributed by atoms with van der Waals surface area (Å²) in [6, 6.07) is 3.90. The molecule has 0 aliphatic rings. The molecular weight excluding hydrogens is 302 g/mol. The largest absolute Gasteiger partial charge is 0.397 e. The summed E-state index contributed by atoms with van der Waals surface area (Å²) in [5.74, 6) is -0.0387. The molecule has 1 aromatic carbocycles. The second-order valence-electron chi connectivity index (χ2n) is 4.59. The van der Waals surface area contributed by atoms with Crippen LogP contribution in [0.5, 0.6) is 0 Å². The molecule has 114 valence electrons. The monoisotopic (exact) mass is 321 g/mol. The van der Waals surface area contributed by atoms with Crippen LogP contribution < -0.4 is 15.8 Å². The molecule has 0 aromatic heterocycles. The zero-order chi connectivity index (χ0) is 15.6. The van der Waals surface area contributed by atoms with Crippen molar-refractivity contribution in [3.63, 3.8) is 0 Å². The van der Waals surface area contributed by atoms with Gasteiger partial charge >= 0.3 is 0 Å². The smallest absolute Gasteiger partial charge is 0.240 e. The molecule has 7 nitrogen and oxygen atoms in total. The first-order valence-corrected chi connectivity index (χ1v) is 9.37. The maximum absolute atomic E-state index is 11.6. The second-order valence-corrected chi connectivity index (χ2v) is 8.67. The Balaban J connectivity index is 2.95. The van der Waals surface area contributed by atoms with Gasteiger partial charge in [-0.25, -0.2) is 21.6 Å². The molecule has 20 heavy (non-hydrogen) atoms. The highest BCUT2D eigenvalue weighted by Crippen LogP contribution is 2.23. The van der Waals surface area contributed by atoms with Crippen molar-refractivity contribution >= 4 is 31.2 Å². The Morgan fingerprint density at radius 2 is 1.85 bits per heavy atom. The maximum atomic E-state index is 11.6. The van der Waals surface area contributed by atoms with Gasteiger partial charge in [-0.3, -0.25) is 0 Å². The second kappa shape index (κ2) is 5.98. The quantitative estimate of drug-likeness (QED) is 0.636. The summed E-state index contributed by atoms with van der Waals surface area (Å²) in [5, 5.41) is 2.94. The molecule has 0 aliphatic carbocycles. The van der Waals surface area contributed by atoms with Crippen LogP contribution in [-0.4, -0.2) is 41.9 Å². The Morgan fingerprint density at radius 1 is 1.25 bits per heavy atom. The number of benzene rings is 1. The number of anilines is 2. The molecular formula is C11H19N3O4S2. The molecule has 0 fully saturated rings. The normalized spacial score (nSPS) is 13.9. The average Bonchev–Trinajstić information content (AvgIpc) is 2.29. The lowest BCUT2D eigenvalue weighted by Crippen LogP contribution is -2.25. The SMILES string of the molecule is CNS(=O)(=O)c1ccc(NC(C)CS(C)(=O)=O)c(N)c1. The lowest BCUT2D eigenvalue weighted by atomic mass is 10.2. The Hall–Kier alpha value is -1.32. The zero-order valence-corrected chi connectivity index (χ0v) is 13.2. The first-order valence-electron chi connectivity index (χ1n) is 5.82. The van der Waals surface area contributed by atoms with Gasteiger partial charge < -0.3 is 11.1 Å². The summed E-state index contributed by atoms with van der Waals surface area (Å²) >= 11 is 0. The van der Waals surface area contributed by atoms with E-state index in [0.29, 0.717) is 5.69 Å². The van der Waals surface area contributed by atoms with E-state index in [-0.39, 0.29) is 22.4 Å². The van der Waals surface area contributed by atoms with Gasteiger partial charge in [0.2, 0.25) is 10.0 Å². The predicted molar refractivity (Wildman–Crippen MR) is 79.9 cm³/mol. The molecule has 1 unspecified atom stereocenters. The molecule has 0 saturated carbocycles. The van der Waals surface area contributed by atoms with E-state index in [1.807, 2.05) is 0 Å². The fourth-order valence-corrected chi connectivity index (χ4v) is 3.48. The van der Waals surface area contributed by atoms with Gasteiger partial charge in [0, 0.05) is 12.3 Å². The molecule has 9 heteroatoms. The molecule has 0 bridgehead atoms. The summed E-state index contributed by atoms with van der Waals surface area (Å²) in [5.41, 5.74) is 6.51. The van der Waals surface area contributed by atoms with E-state index in [0.717, 1.165) is 6.26 Å². The van der Waals surface area contributed by atoms with Crippen LogP contribution in [0.25, 0.3) is 0 Å². The summed E-state index contributed by atoms with van der Waals surface area (Å²) in [6.45, 7) is 1.71. The van der Waals surface area contributed by atoms with Crippen LogP contribution in [0, 0.1) is 0 Å². The number of rotatable bonds is 6. The van der Waals surface area contributed by atoms with E-state index in [4.69, 9.17) is 5.73 Å². The highest BCUT2D eigenvalue weighted by atomic mass is 32.2. The van der Waals surface area contributed by atoms with Gasteiger partial charge in [0.05, 0.1) is 22.0 Å². The molecule has 0 aliphatic heterocycles. The molecule has 0 heterocycles. The van der Waals surface area contributed by atoms with Gasteiger partial charge in [-0.1, -0.05) is 0 Å². The van der Waals surface area contributed by atoms with Crippen molar-refractivity contribution in [2.24, 2.45) is 0 Å². The van der Waals surface area contributed by atoms with Crippen LogP contribution in [-0.2, 0) is 19.9 Å². The van der Waals surface area contributed by atoms with Crippen LogP contribution in [0.1, 0.15) is 6.92 Å². The number of sulfonamides is 1. The van der Waals surface area contributed by atoms with Gasteiger partial charge in [0.25, 0.3) is 0 Å². The highest BCUT2D eigenvalue weighted by Gasteiger charge is 2.15. The number of nitrogens with two attached hydrogens (primary N) is 1. The average molecular weight is 321 g/mol. The van der Waals surface area contributed by atoms with Crippen molar-refractivity contribution in [1.29, 1.82) is 0 Å². The van der Waals surface area contributed by atoms with E-state index >= 15 is 0 Å². The van der Waals surface area contributed by atoms with Gasteiger partial charge in [-0.05, 0) is 32.2 Å². The first kappa shape index (κ1) is 16.7. The van der Waals surface area contributed by atoms with Gasteiger partial charge in [-0.2, -0.15) is 0 Å². The molecule has 0 spiro atoms. The Kier molecular flexibility index (Phi) is 5.00. The Labute approximate surface area is 119 Å². The Bertz CT molecular complexity index is 684. The van der Waals surface area contributed by atoms with E-state index in [9.17, 15) is 16.8 Å². The van der Waals surface area contributed by atoms with Crippen LogP contribution in [0.3, 0.4) is 0 Å². The summed E-state index contributed by atoms with van der Waals surface area (Å²) in [6.07, 6.45) is 1.15. The number of hydrogen-bond donors (Lipinski definition) is 3. The standard InChI is InChI=1S/C11H19N3O4S2/c1-8(7-19(3,15)16)14-11-5-4-9(6-10(11)12)20(17,18)13-2/h4-6,8,13-14H,7,12H2,1-3H3. The third-order valence-corrected chi connectivity index (χ3v) is 5.07. The number of nitrogens with one attached hydrogen (secondary N) is 2. The minimum Gasteiger partial charge on any atom is -0.397 e. The molecule has 1 atom stereocenters. The van der Waals surface area contributed by atoms with Gasteiger partial charge in [0.1, 0.15) is 9.84 Å². The van der Waals surface area contributed by atoms with Crippen molar-refractivity contribution in [2.45, 2.75) is 17.9 Å². The predicted octanol–water partition coefficient (Wildman–Crippen LogP) is 0.0219. The summed E-state index contributed by atoms with van der Waals surface area (Å²) < 4.78 is 47.8. The number of nitrogen functional groups attached to an aromatic ring is 1. The molecule has 4 N–H and O–H groups in total. The van der Waals surface area contributed by atoms with Crippen molar-refractivity contribution in [2.75, 3.05) is 30.1 Å². The first-order chi connectivity index (χ1) is 9.05. The third-order valence-electron chi connectivity index (χ3n) is 2.56. The fourth-order valence-electron chi connectivity index (χ4n) is 1.72. The zero-order valence-electron chi connectivity index (χ0n) is 11.5. The minimum absolute atomic E-state index is 0.0387. The van der Waals surface area contributed by atoms with E-state index < -0.39 is 19.9 Å². The van der Waals surface area contributed by atoms with E-state index in [1.165, 1.54) is 25.2 Å². The van der Waals surface area contributed by atoms with Crippen molar-refractivity contribution in [1.82, 2.24) is 4.72 Å². The lowest BCUT2D eigenvalue weighted by molar-refractivity contribution is 0.588. The van der Waals surface area contributed by atoms with E-state index in [2.05, 4.69) is 10.0 Å². The van der Waals surface area contributed by atoms with Crippen LogP contribution >= 0.6 is 0 Å². The van der Waals surface area contributed by atoms with Gasteiger partial charge in [-0.15, -0.1) is 0 Å². The van der Waals surface area contributed by atoms with Crippen LogP contribution in [0.4, 0.5) is 11.4 Å². The minimum atomic E-state index is -3.55. The molecule has 0 saturated heterocycles. The van der Waals surface area contributed by atoms with Crippen LogP contribution in [0.2, 0.25) is 0 Å². The maximum Gasteiger partial charge on any atom is 0.240 e. The molecule has 1 aromatic rings.